The number of nitrogens with one attached hydrogen (secondary N) is 1. The minimum Gasteiger partial charge on any atom is -0.387 e. The minimum absolute atomic E-state index is 0.162. The van der Waals surface area contributed by atoms with Gasteiger partial charge in [-0.2, -0.15) is 11.3 Å². The highest BCUT2D eigenvalue weighted by Crippen LogP contribution is 2.22. The van der Waals surface area contributed by atoms with Crippen LogP contribution < -0.4 is 5.32 Å². The fourth-order valence-corrected chi connectivity index (χ4v) is 2.95. The van der Waals surface area contributed by atoms with E-state index < -0.39 is 6.10 Å². The van der Waals surface area contributed by atoms with Crippen molar-refractivity contribution < 1.29 is 9.90 Å². The van der Waals surface area contributed by atoms with Gasteiger partial charge < -0.3 is 10.4 Å². The van der Waals surface area contributed by atoms with E-state index in [1.54, 1.807) is 24.5 Å². The Morgan fingerprint density at radius 1 is 1.22 bits per heavy atom. The molecule has 1 atom stereocenters. The smallest absolute Gasteiger partial charge is 0.252 e. The van der Waals surface area contributed by atoms with Gasteiger partial charge in [-0.05, 0) is 34.0 Å². The molecule has 0 saturated heterocycles. The zero-order chi connectivity index (χ0) is 16.1. The van der Waals surface area contributed by atoms with E-state index >= 15 is 0 Å². The molecule has 0 saturated carbocycles. The number of thiophene rings is 1. The average Bonchev–Trinajstić information content (AvgIpc) is 3.15. The molecule has 1 aromatic carbocycles. The highest BCUT2D eigenvalue weighted by atomic mass is 32.1. The molecule has 3 rings (SSSR count). The number of hydrogen-bond acceptors (Lipinski definition) is 5. The third-order valence-corrected chi connectivity index (χ3v) is 4.13. The number of aliphatic hydroxyl groups is 1. The lowest BCUT2D eigenvalue weighted by atomic mass is 10.0. The minimum atomic E-state index is -0.711. The monoisotopic (exact) mass is 325 g/mol. The van der Waals surface area contributed by atoms with Crippen LogP contribution in [0.4, 0.5) is 0 Å². The van der Waals surface area contributed by atoms with E-state index in [1.165, 1.54) is 17.7 Å². The molecule has 1 amide bonds. The van der Waals surface area contributed by atoms with Crippen LogP contribution in [0.2, 0.25) is 0 Å². The third-order valence-electron chi connectivity index (χ3n) is 3.43. The zero-order valence-corrected chi connectivity index (χ0v) is 13.0. The lowest BCUT2D eigenvalue weighted by molar-refractivity contribution is 0.0917. The molecular formula is C17H15N3O2S. The summed E-state index contributed by atoms with van der Waals surface area (Å²) >= 11 is 1.51. The summed E-state index contributed by atoms with van der Waals surface area (Å²) in [6.45, 7) is 0.162. The number of benzene rings is 1. The Labute approximate surface area is 137 Å². The Bertz CT molecular complexity index is 776. The van der Waals surface area contributed by atoms with Crippen molar-refractivity contribution in [2.45, 2.75) is 6.10 Å². The van der Waals surface area contributed by atoms with Crippen LogP contribution in [-0.4, -0.2) is 27.5 Å². The highest BCUT2D eigenvalue weighted by molar-refractivity contribution is 7.07. The van der Waals surface area contributed by atoms with Gasteiger partial charge in [-0.1, -0.05) is 18.2 Å². The average molecular weight is 325 g/mol. The number of amides is 1. The Morgan fingerprint density at radius 3 is 2.74 bits per heavy atom. The van der Waals surface area contributed by atoms with Crippen LogP contribution in [-0.2, 0) is 0 Å². The molecule has 0 aliphatic rings. The number of carbonyl (C=O) groups excluding carboxylic acids is 1. The number of aliphatic hydroxyl groups excluding tert-OH is 1. The van der Waals surface area contributed by atoms with Gasteiger partial charge in [0.15, 0.2) is 0 Å². The first-order chi connectivity index (χ1) is 11.3. The number of rotatable bonds is 5. The van der Waals surface area contributed by atoms with E-state index in [4.69, 9.17) is 0 Å². The topological polar surface area (TPSA) is 75.1 Å². The van der Waals surface area contributed by atoms with Crippen LogP contribution in [0.15, 0.2) is 59.8 Å². The van der Waals surface area contributed by atoms with Crippen molar-refractivity contribution in [1.82, 2.24) is 15.3 Å². The third kappa shape index (κ3) is 3.61. The maximum absolute atomic E-state index is 12.5. The van der Waals surface area contributed by atoms with Gasteiger partial charge in [0.25, 0.3) is 5.91 Å². The van der Waals surface area contributed by atoms with Crippen molar-refractivity contribution in [2.75, 3.05) is 6.54 Å². The van der Waals surface area contributed by atoms with Gasteiger partial charge >= 0.3 is 0 Å². The van der Waals surface area contributed by atoms with E-state index in [1.807, 2.05) is 29.0 Å². The summed E-state index contributed by atoms with van der Waals surface area (Å²) < 4.78 is 0. The Kier molecular flexibility index (Phi) is 4.75. The Morgan fingerprint density at radius 2 is 2.00 bits per heavy atom. The second kappa shape index (κ2) is 7.13. The van der Waals surface area contributed by atoms with Crippen LogP contribution in [0.25, 0.3) is 11.1 Å². The largest absolute Gasteiger partial charge is 0.387 e. The summed E-state index contributed by atoms with van der Waals surface area (Å²) in [7, 11) is 0. The second-order valence-corrected chi connectivity index (χ2v) is 5.74. The Hall–Kier alpha value is -2.57. The summed E-state index contributed by atoms with van der Waals surface area (Å²) in [5.41, 5.74) is 2.87. The van der Waals surface area contributed by atoms with Crippen molar-refractivity contribution in [3.63, 3.8) is 0 Å². The molecule has 0 radical (unpaired) electrons. The maximum Gasteiger partial charge on any atom is 0.252 e. The highest BCUT2D eigenvalue weighted by Gasteiger charge is 2.15. The first-order valence-electron chi connectivity index (χ1n) is 7.08. The first kappa shape index (κ1) is 15.3. The predicted molar refractivity (Wildman–Crippen MR) is 89.1 cm³/mol. The summed E-state index contributed by atoms with van der Waals surface area (Å²) in [4.78, 5) is 20.4. The molecule has 0 spiro atoms. The summed E-state index contributed by atoms with van der Waals surface area (Å²) in [5, 5.41) is 16.6. The normalized spacial score (nSPS) is 11.9. The number of nitrogens with zero attached hydrogens (tertiary/aromatic N) is 2. The van der Waals surface area contributed by atoms with E-state index in [2.05, 4.69) is 15.3 Å². The standard InChI is InChI=1S/C17H15N3O2S/c21-16(12-5-6-23-10-12)9-20-17(22)15-4-2-1-3-14(15)13-7-18-11-19-8-13/h1-8,10-11,16,21H,9H2,(H,20,22). The van der Waals surface area contributed by atoms with Crippen LogP contribution in [0.5, 0.6) is 0 Å². The molecule has 0 bridgehead atoms. The molecule has 6 heteroatoms. The van der Waals surface area contributed by atoms with Gasteiger partial charge in [-0.25, -0.2) is 9.97 Å². The van der Waals surface area contributed by atoms with Gasteiger partial charge in [0.2, 0.25) is 0 Å². The molecule has 3 aromatic rings. The van der Waals surface area contributed by atoms with Gasteiger partial charge in [-0.3, -0.25) is 4.79 Å². The fraction of sp³-hybridized carbons (Fsp3) is 0.118. The van der Waals surface area contributed by atoms with Gasteiger partial charge in [0.1, 0.15) is 6.33 Å². The molecule has 23 heavy (non-hydrogen) atoms. The summed E-state index contributed by atoms with van der Waals surface area (Å²) in [6, 6.07) is 9.10. The molecule has 2 aromatic heterocycles. The molecular weight excluding hydrogens is 310 g/mol. The predicted octanol–water partition coefficient (Wildman–Crippen LogP) is 2.67. The fourth-order valence-electron chi connectivity index (χ4n) is 2.24. The van der Waals surface area contributed by atoms with Crippen molar-refractivity contribution in [1.29, 1.82) is 0 Å². The van der Waals surface area contributed by atoms with Crippen molar-refractivity contribution >= 4 is 17.2 Å². The van der Waals surface area contributed by atoms with E-state index in [9.17, 15) is 9.90 Å². The van der Waals surface area contributed by atoms with Gasteiger partial charge in [0, 0.05) is 30.1 Å². The van der Waals surface area contributed by atoms with Crippen LogP contribution in [0, 0.1) is 0 Å². The molecule has 5 nitrogen and oxygen atoms in total. The van der Waals surface area contributed by atoms with Crippen molar-refractivity contribution in [2.24, 2.45) is 0 Å². The van der Waals surface area contributed by atoms with Gasteiger partial charge in [0.05, 0.1) is 6.10 Å². The van der Waals surface area contributed by atoms with Crippen LogP contribution in [0.1, 0.15) is 22.0 Å². The van der Waals surface area contributed by atoms with Crippen LogP contribution in [0.3, 0.4) is 0 Å². The van der Waals surface area contributed by atoms with E-state index in [0.717, 1.165) is 16.7 Å². The molecule has 1 unspecified atom stereocenters. The quantitative estimate of drug-likeness (QED) is 0.756. The molecule has 116 valence electrons. The summed E-state index contributed by atoms with van der Waals surface area (Å²) in [6.07, 6.45) is 4.07. The number of hydrogen-bond donors (Lipinski definition) is 2. The lowest BCUT2D eigenvalue weighted by Gasteiger charge is -2.13. The van der Waals surface area contributed by atoms with Crippen molar-refractivity contribution in [3.05, 3.63) is 70.9 Å². The second-order valence-electron chi connectivity index (χ2n) is 4.96. The lowest BCUT2D eigenvalue weighted by Crippen LogP contribution is -2.28. The van der Waals surface area contributed by atoms with Crippen LogP contribution >= 0.6 is 11.3 Å². The first-order valence-corrected chi connectivity index (χ1v) is 8.03. The number of aromatic nitrogens is 2. The number of carbonyl (C=O) groups is 1. The van der Waals surface area contributed by atoms with E-state index in [-0.39, 0.29) is 12.5 Å². The molecule has 2 N–H and O–H groups in total. The zero-order valence-electron chi connectivity index (χ0n) is 12.2. The van der Waals surface area contributed by atoms with Crippen molar-refractivity contribution in [3.8, 4) is 11.1 Å². The SMILES string of the molecule is O=C(NCC(O)c1ccsc1)c1ccccc1-c1cncnc1. The Balaban J connectivity index is 1.75. The molecule has 2 heterocycles. The molecule has 0 aliphatic carbocycles. The molecule has 0 aliphatic heterocycles. The maximum atomic E-state index is 12.5. The molecule has 0 fully saturated rings. The van der Waals surface area contributed by atoms with Gasteiger partial charge in [-0.15, -0.1) is 0 Å². The summed E-state index contributed by atoms with van der Waals surface area (Å²) in [5.74, 6) is -0.237. The van der Waals surface area contributed by atoms with E-state index in [0.29, 0.717) is 5.56 Å².